The van der Waals surface area contributed by atoms with Crippen LogP contribution in [0.4, 0.5) is 0 Å². The predicted octanol–water partition coefficient (Wildman–Crippen LogP) is 1.17. The van der Waals surface area contributed by atoms with Gasteiger partial charge in [-0.1, -0.05) is 19.4 Å². The molecule has 1 aliphatic heterocycles. The first-order valence-electron chi connectivity index (χ1n) is 1.67. The van der Waals surface area contributed by atoms with Crippen LogP contribution in [0.25, 0.3) is 0 Å². The van der Waals surface area contributed by atoms with Gasteiger partial charge in [0.15, 0.2) is 0 Å². The van der Waals surface area contributed by atoms with E-state index in [9.17, 15) is 0 Å². The van der Waals surface area contributed by atoms with Crippen LogP contribution in [-0.2, 0) is 0 Å². The second-order valence-corrected chi connectivity index (χ2v) is 1.53. The van der Waals surface area contributed by atoms with Crippen LogP contribution in [0.15, 0.2) is 24.6 Å². The van der Waals surface area contributed by atoms with Gasteiger partial charge >= 0.3 is 0 Å². The van der Waals surface area contributed by atoms with Crippen LogP contribution in [0.5, 0.6) is 0 Å². The number of allylic oxidation sites excluding steroid dienone is 1. The fourth-order valence-corrected chi connectivity index (χ4v) is 0.443. The fraction of sp³-hybridized carbons (Fsp3) is 0. The third kappa shape index (κ3) is 0.431. The minimum atomic E-state index is 1.10. The van der Waals surface area contributed by atoms with Crippen LogP contribution in [0.1, 0.15) is 0 Å². The molecule has 0 N–H and O–H groups in total. The molecule has 0 aromatic rings. The second kappa shape index (κ2) is 1.05. The minimum Gasteiger partial charge on any atom is -0.291 e. The van der Waals surface area contributed by atoms with Gasteiger partial charge in [-0.2, -0.15) is 0 Å². The molecule has 0 saturated carbocycles. The van der Waals surface area contributed by atoms with E-state index >= 15 is 0 Å². The van der Waals surface area contributed by atoms with Gasteiger partial charge in [-0.3, -0.25) is 4.31 Å². The topological polar surface area (TPSA) is 3.01 Å². The van der Waals surface area contributed by atoms with Crippen molar-refractivity contribution in [3.05, 3.63) is 24.6 Å². The van der Waals surface area contributed by atoms with Crippen molar-refractivity contribution in [2.75, 3.05) is 0 Å². The maximum absolute atomic E-state index is 3.92. The minimum absolute atomic E-state index is 1.10. The molecule has 32 valence electrons. The molecule has 0 bridgehead atoms. The Morgan fingerprint density at radius 2 is 2.50 bits per heavy atom. The lowest BCUT2D eigenvalue weighted by Crippen LogP contribution is -1.69. The molecular weight excluding hydrogens is 94.1 g/mol. The Balaban J connectivity index is 2.42. The Hall–Kier alpha value is -0.370. The van der Waals surface area contributed by atoms with E-state index in [0.29, 0.717) is 0 Å². The summed E-state index contributed by atoms with van der Waals surface area (Å²) in [4.78, 5) is 0. The van der Waals surface area contributed by atoms with Gasteiger partial charge in [-0.15, -0.1) is 0 Å². The third-order valence-electron chi connectivity index (χ3n) is 0.661. The summed E-state index contributed by atoms with van der Waals surface area (Å²) in [5.74, 6) is 0. The van der Waals surface area contributed by atoms with E-state index in [0.717, 1.165) is 5.70 Å². The van der Waals surface area contributed by atoms with E-state index in [1.807, 2.05) is 6.20 Å². The van der Waals surface area contributed by atoms with Crippen molar-refractivity contribution in [3.8, 4) is 0 Å². The molecule has 0 atom stereocenters. The molecule has 1 nitrogen and oxygen atoms in total. The highest BCUT2D eigenvalue weighted by molar-refractivity contribution is 7.78. The first-order valence-corrected chi connectivity index (χ1v) is 2.07. The lowest BCUT2D eigenvalue weighted by Gasteiger charge is -1.81. The second-order valence-electron chi connectivity index (χ2n) is 1.10. The molecule has 2 heteroatoms. The fourth-order valence-electron chi connectivity index (χ4n) is 0.243. The van der Waals surface area contributed by atoms with Crippen molar-refractivity contribution in [2.24, 2.45) is 0 Å². The van der Waals surface area contributed by atoms with E-state index in [2.05, 4.69) is 19.4 Å². The zero-order valence-corrected chi connectivity index (χ0v) is 4.15. The Bertz CT molecular complexity index is 106. The first-order chi connectivity index (χ1) is 2.84. The highest BCUT2D eigenvalue weighted by Crippen LogP contribution is 2.22. The number of hydrogen-bond donors (Lipinski definition) is 1. The Morgan fingerprint density at radius 3 is 2.50 bits per heavy atom. The van der Waals surface area contributed by atoms with Crippen molar-refractivity contribution in [1.82, 2.24) is 4.31 Å². The molecule has 0 amide bonds. The highest BCUT2D eigenvalue weighted by Gasteiger charge is 2.10. The SMILES string of the molecule is C=CC1=CN1S. The predicted molar refractivity (Wildman–Crippen MR) is 29.1 cm³/mol. The van der Waals surface area contributed by atoms with Crippen LogP contribution >= 0.6 is 12.8 Å². The number of hydrogen-bond acceptors (Lipinski definition) is 2. The molecule has 1 rings (SSSR count). The molecular formula is C4H5NS. The van der Waals surface area contributed by atoms with Gasteiger partial charge in [-0.25, -0.2) is 0 Å². The van der Waals surface area contributed by atoms with Gasteiger partial charge in [0.2, 0.25) is 0 Å². The summed E-state index contributed by atoms with van der Waals surface area (Å²) in [6.45, 7) is 3.51. The van der Waals surface area contributed by atoms with E-state index in [-0.39, 0.29) is 0 Å². The molecule has 0 spiro atoms. The maximum atomic E-state index is 3.92. The van der Waals surface area contributed by atoms with Crippen molar-refractivity contribution in [3.63, 3.8) is 0 Å². The van der Waals surface area contributed by atoms with Gasteiger partial charge in [0.1, 0.15) is 0 Å². The molecule has 0 fully saturated rings. The van der Waals surface area contributed by atoms with Crippen molar-refractivity contribution in [2.45, 2.75) is 0 Å². The molecule has 0 aromatic heterocycles. The zero-order chi connectivity index (χ0) is 4.57. The quantitative estimate of drug-likeness (QED) is 0.483. The molecule has 0 unspecified atom stereocenters. The van der Waals surface area contributed by atoms with Crippen LogP contribution < -0.4 is 0 Å². The number of rotatable bonds is 1. The van der Waals surface area contributed by atoms with Crippen LogP contribution in [0.2, 0.25) is 0 Å². The standard InChI is InChI=1S/C4H5NS/c1-2-4-3-5(4)6/h2-3,6H,1H2. The van der Waals surface area contributed by atoms with Gasteiger partial charge < -0.3 is 0 Å². The summed E-state index contributed by atoms with van der Waals surface area (Å²) < 4.78 is 1.72. The monoisotopic (exact) mass is 99.0 g/mol. The summed E-state index contributed by atoms with van der Waals surface area (Å²) in [5.41, 5.74) is 1.10. The smallest absolute Gasteiger partial charge is 0.0683 e. The largest absolute Gasteiger partial charge is 0.291 e. The van der Waals surface area contributed by atoms with Gasteiger partial charge in [0, 0.05) is 6.20 Å². The van der Waals surface area contributed by atoms with Gasteiger partial charge in [0.25, 0.3) is 0 Å². The molecule has 0 radical (unpaired) electrons. The van der Waals surface area contributed by atoms with Crippen LogP contribution in [0.3, 0.4) is 0 Å². The first kappa shape index (κ1) is 3.81. The van der Waals surface area contributed by atoms with Crippen molar-refractivity contribution >= 4 is 12.8 Å². The van der Waals surface area contributed by atoms with E-state index in [4.69, 9.17) is 0 Å². The van der Waals surface area contributed by atoms with E-state index < -0.39 is 0 Å². The molecule has 0 saturated heterocycles. The molecule has 0 aromatic carbocycles. The third-order valence-corrected chi connectivity index (χ3v) is 1.01. The lowest BCUT2D eigenvalue weighted by atomic mass is 10.6. The average molecular weight is 99.2 g/mol. The summed E-state index contributed by atoms with van der Waals surface area (Å²) >= 11 is 3.92. The molecule has 6 heavy (non-hydrogen) atoms. The normalized spacial score (nSPS) is 16.8. The number of nitrogens with zero attached hydrogens (tertiary/aromatic N) is 1. The van der Waals surface area contributed by atoms with Crippen molar-refractivity contribution < 1.29 is 0 Å². The Labute approximate surface area is 42.5 Å². The van der Waals surface area contributed by atoms with Gasteiger partial charge in [0.05, 0.1) is 5.70 Å². The molecule has 1 aliphatic rings. The summed E-state index contributed by atoms with van der Waals surface area (Å²) in [7, 11) is 0. The van der Waals surface area contributed by atoms with E-state index in [1.54, 1.807) is 10.4 Å². The zero-order valence-electron chi connectivity index (χ0n) is 3.26. The summed E-state index contributed by atoms with van der Waals surface area (Å²) in [6, 6.07) is 0. The maximum Gasteiger partial charge on any atom is 0.0683 e. The Morgan fingerprint density at radius 1 is 2.00 bits per heavy atom. The molecule has 0 aliphatic carbocycles. The summed E-state index contributed by atoms with van der Waals surface area (Å²) in [6.07, 6.45) is 3.64. The lowest BCUT2D eigenvalue weighted by molar-refractivity contribution is 1.01. The van der Waals surface area contributed by atoms with Gasteiger partial charge in [-0.05, 0) is 6.08 Å². The van der Waals surface area contributed by atoms with E-state index in [1.165, 1.54) is 0 Å². The number of thiol groups is 1. The highest BCUT2D eigenvalue weighted by atomic mass is 32.1. The Kier molecular flexibility index (Phi) is 0.665. The summed E-state index contributed by atoms with van der Waals surface area (Å²) in [5, 5.41) is 0. The van der Waals surface area contributed by atoms with Crippen LogP contribution in [0, 0.1) is 0 Å². The van der Waals surface area contributed by atoms with Crippen molar-refractivity contribution in [1.29, 1.82) is 0 Å². The molecule has 1 heterocycles. The van der Waals surface area contributed by atoms with Crippen LogP contribution in [-0.4, -0.2) is 4.31 Å². The average Bonchev–Trinajstić information content (AvgIpc) is 2.19.